The van der Waals surface area contributed by atoms with Gasteiger partial charge in [0.15, 0.2) is 0 Å². The monoisotopic (exact) mass is 274 g/mol. The molecule has 2 amide bonds. The van der Waals surface area contributed by atoms with Gasteiger partial charge in [0.2, 0.25) is 0 Å². The zero-order valence-electron chi connectivity index (χ0n) is 11.2. The summed E-state index contributed by atoms with van der Waals surface area (Å²) in [5.41, 5.74) is 0. The van der Waals surface area contributed by atoms with E-state index in [-0.39, 0.29) is 11.8 Å². The summed E-state index contributed by atoms with van der Waals surface area (Å²) in [5.74, 6) is 0.0449. The Kier molecular flexibility index (Phi) is 7.09. The smallest absolute Gasteiger partial charge is 0.312 e. The third kappa shape index (κ3) is 4.48. The Balaban J connectivity index is 2.28. The van der Waals surface area contributed by atoms with Crippen LogP contribution in [0.15, 0.2) is 0 Å². The first-order valence-corrected chi connectivity index (χ1v) is 7.38. The summed E-state index contributed by atoms with van der Waals surface area (Å²) >= 11 is 5.60. The molecule has 0 unspecified atom stereocenters. The Labute approximate surface area is 114 Å². The van der Waals surface area contributed by atoms with Gasteiger partial charge in [-0.1, -0.05) is 19.8 Å². The van der Waals surface area contributed by atoms with Crippen molar-refractivity contribution >= 4 is 23.4 Å². The van der Waals surface area contributed by atoms with E-state index in [1.165, 1.54) is 0 Å². The van der Waals surface area contributed by atoms with Gasteiger partial charge < -0.3 is 9.80 Å². The molecule has 1 fully saturated rings. The first kappa shape index (κ1) is 15.3. The van der Waals surface area contributed by atoms with Crippen molar-refractivity contribution in [3.8, 4) is 0 Å². The maximum absolute atomic E-state index is 11.8. The van der Waals surface area contributed by atoms with Gasteiger partial charge in [0.05, 0.1) is 0 Å². The van der Waals surface area contributed by atoms with E-state index in [0.717, 1.165) is 32.1 Å². The van der Waals surface area contributed by atoms with Crippen molar-refractivity contribution in [1.82, 2.24) is 9.80 Å². The predicted octanol–water partition coefficient (Wildman–Crippen LogP) is 1.87. The Bertz CT molecular complexity index is 284. The standard InChI is InChI=1S/C13H23ClN2O2/c1-2-8-15-10-11-16(13(18)12(15)17)9-6-4-3-5-7-14/h2-11H2,1H3. The molecule has 0 saturated carbocycles. The molecule has 1 heterocycles. The molecule has 0 radical (unpaired) electrons. The summed E-state index contributed by atoms with van der Waals surface area (Å²) in [6.07, 6.45) is 5.06. The quantitative estimate of drug-likeness (QED) is 0.385. The van der Waals surface area contributed by atoms with Gasteiger partial charge in [0.1, 0.15) is 0 Å². The molecule has 0 N–H and O–H groups in total. The number of carbonyl (C=O) groups is 2. The van der Waals surface area contributed by atoms with Gasteiger partial charge in [0, 0.05) is 32.1 Å². The van der Waals surface area contributed by atoms with Gasteiger partial charge >= 0.3 is 11.8 Å². The van der Waals surface area contributed by atoms with E-state index in [0.29, 0.717) is 32.1 Å². The molecule has 104 valence electrons. The fourth-order valence-corrected chi connectivity index (χ4v) is 2.35. The Hall–Kier alpha value is -0.770. The number of piperazine rings is 1. The number of halogens is 1. The first-order valence-electron chi connectivity index (χ1n) is 6.84. The Morgan fingerprint density at radius 2 is 1.50 bits per heavy atom. The van der Waals surface area contributed by atoms with Crippen molar-refractivity contribution in [2.24, 2.45) is 0 Å². The number of hydrogen-bond donors (Lipinski definition) is 0. The fraction of sp³-hybridized carbons (Fsp3) is 0.846. The van der Waals surface area contributed by atoms with E-state index in [4.69, 9.17) is 11.6 Å². The van der Waals surface area contributed by atoms with E-state index >= 15 is 0 Å². The summed E-state index contributed by atoms with van der Waals surface area (Å²) in [5, 5.41) is 0. The third-order valence-electron chi connectivity index (χ3n) is 3.20. The molecule has 0 aromatic rings. The highest BCUT2D eigenvalue weighted by atomic mass is 35.5. The lowest BCUT2D eigenvalue weighted by Gasteiger charge is -2.33. The Morgan fingerprint density at radius 1 is 0.944 bits per heavy atom. The fourth-order valence-electron chi connectivity index (χ4n) is 2.16. The zero-order chi connectivity index (χ0) is 13.4. The number of carbonyl (C=O) groups excluding carboxylic acids is 2. The molecule has 1 aliphatic rings. The van der Waals surface area contributed by atoms with Crippen LogP contribution in [-0.2, 0) is 9.59 Å². The SMILES string of the molecule is CCCN1CCN(CCCCCCCl)C(=O)C1=O. The highest BCUT2D eigenvalue weighted by molar-refractivity contribution is 6.35. The molecule has 1 saturated heterocycles. The number of unbranched alkanes of at least 4 members (excludes halogenated alkanes) is 3. The first-order chi connectivity index (χ1) is 8.70. The molecule has 4 nitrogen and oxygen atoms in total. The summed E-state index contributed by atoms with van der Waals surface area (Å²) in [4.78, 5) is 27.0. The van der Waals surface area contributed by atoms with Gasteiger partial charge in [0.25, 0.3) is 0 Å². The van der Waals surface area contributed by atoms with Crippen molar-refractivity contribution in [1.29, 1.82) is 0 Å². The molecule has 18 heavy (non-hydrogen) atoms. The van der Waals surface area contributed by atoms with E-state index in [2.05, 4.69) is 0 Å². The van der Waals surface area contributed by atoms with Crippen molar-refractivity contribution in [3.05, 3.63) is 0 Å². The minimum Gasteiger partial charge on any atom is -0.333 e. The van der Waals surface area contributed by atoms with Crippen LogP contribution in [0, 0.1) is 0 Å². The largest absolute Gasteiger partial charge is 0.333 e. The van der Waals surface area contributed by atoms with E-state index < -0.39 is 0 Å². The Morgan fingerprint density at radius 3 is 2.06 bits per heavy atom. The van der Waals surface area contributed by atoms with Gasteiger partial charge in [-0.3, -0.25) is 9.59 Å². The maximum Gasteiger partial charge on any atom is 0.312 e. The van der Waals surface area contributed by atoms with Crippen LogP contribution < -0.4 is 0 Å². The second kappa shape index (κ2) is 8.35. The van der Waals surface area contributed by atoms with E-state index in [9.17, 15) is 9.59 Å². The van der Waals surface area contributed by atoms with Crippen molar-refractivity contribution in [3.63, 3.8) is 0 Å². The molecular weight excluding hydrogens is 252 g/mol. The van der Waals surface area contributed by atoms with Crippen molar-refractivity contribution in [2.45, 2.75) is 39.0 Å². The van der Waals surface area contributed by atoms with Crippen LogP contribution in [0.5, 0.6) is 0 Å². The normalized spacial score (nSPS) is 16.6. The average molecular weight is 275 g/mol. The summed E-state index contributed by atoms with van der Waals surface area (Å²) < 4.78 is 0. The molecule has 0 spiro atoms. The van der Waals surface area contributed by atoms with Gasteiger partial charge in [-0.25, -0.2) is 0 Å². The minimum absolute atomic E-state index is 0.327. The minimum atomic E-state index is -0.330. The topological polar surface area (TPSA) is 40.6 Å². The molecule has 0 aliphatic carbocycles. The number of nitrogens with zero attached hydrogens (tertiary/aromatic N) is 2. The molecule has 0 aromatic heterocycles. The van der Waals surface area contributed by atoms with Crippen LogP contribution in [0.25, 0.3) is 0 Å². The van der Waals surface area contributed by atoms with E-state index in [1.807, 2.05) is 6.92 Å². The summed E-state index contributed by atoms with van der Waals surface area (Å²) in [6.45, 7) is 4.77. The van der Waals surface area contributed by atoms with Crippen LogP contribution in [0.2, 0.25) is 0 Å². The lowest BCUT2D eigenvalue weighted by Crippen LogP contribution is -2.54. The second-order valence-electron chi connectivity index (χ2n) is 4.69. The molecule has 5 heteroatoms. The highest BCUT2D eigenvalue weighted by Crippen LogP contribution is 2.09. The number of alkyl halides is 1. The van der Waals surface area contributed by atoms with Gasteiger partial charge in [-0.05, 0) is 19.3 Å². The molecular formula is C13H23ClN2O2. The zero-order valence-corrected chi connectivity index (χ0v) is 11.9. The number of rotatable bonds is 8. The molecule has 1 aliphatic heterocycles. The second-order valence-corrected chi connectivity index (χ2v) is 5.07. The third-order valence-corrected chi connectivity index (χ3v) is 3.47. The number of hydrogen-bond acceptors (Lipinski definition) is 2. The van der Waals surface area contributed by atoms with Crippen LogP contribution in [0.1, 0.15) is 39.0 Å². The lowest BCUT2D eigenvalue weighted by atomic mass is 10.2. The van der Waals surface area contributed by atoms with Gasteiger partial charge in [-0.2, -0.15) is 0 Å². The average Bonchev–Trinajstić information content (AvgIpc) is 2.37. The highest BCUT2D eigenvalue weighted by Gasteiger charge is 2.31. The lowest BCUT2D eigenvalue weighted by molar-refractivity contribution is -0.156. The predicted molar refractivity (Wildman–Crippen MR) is 72.6 cm³/mol. The molecule has 0 bridgehead atoms. The van der Waals surface area contributed by atoms with Crippen molar-refractivity contribution in [2.75, 3.05) is 32.1 Å². The van der Waals surface area contributed by atoms with Gasteiger partial charge in [-0.15, -0.1) is 11.6 Å². The van der Waals surface area contributed by atoms with Crippen LogP contribution >= 0.6 is 11.6 Å². The number of amides is 2. The summed E-state index contributed by atoms with van der Waals surface area (Å²) in [6, 6.07) is 0. The molecule has 1 rings (SSSR count). The van der Waals surface area contributed by atoms with Crippen LogP contribution in [0.3, 0.4) is 0 Å². The van der Waals surface area contributed by atoms with Crippen molar-refractivity contribution < 1.29 is 9.59 Å². The summed E-state index contributed by atoms with van der Waals surface area (Å²) in [7, 11) is 0. The van der Waals surface area contributed by atoms with Crippen LogP contribution in [0.4, 0.5) is 0 Å². The van der Waals surface area contributed by atoms with E-state index in [1.54, 1.807) is 9.80 Å². The van der Waals surface area contributed by atoms with Crippen LogP contribution in [-0.4, -0.2) is 53.7 Å². The molecule has 0 atom stereocenters. The maximum atomic E-state index is 11.8. The molecule has 0 aromatic carbocycles.